The van der Waals surface area contributed by atoms with Crippen molar-refractivity contribution in [2.24, 2.45) is 11.7 Å². The van der Waals surface area contributed by atoms with Gasteiger partial charge in [-0.3, -0.25) is 0 Å². The van der Waals surface area contributed by atoms with Crippen molar-refractivity contribution >= 4 is 15.9 Å². The maximum atomic E-state index is 12.4. The zero-order valence-corrected chi connectivity index (χ0v) is 12.2. The minimum absolute atomic E-state index is 0.0913. The maximum absolute atomic E-state index is 12.4. The summed E-state index contributed by atoms with van der Waals surface area (Å²) in [7, 11) is 0. The molecule has 1 fully saturated rings. The van der Waals surface area contributed by atoms with Gasteiger partial charge in [-0.1, -0.05) is 15.9 Å². The third-order valence-electron chi connectivity index (χ3n) is 3.33. The second-order valence-electron chi connectivity index (χ2n) is 4.71. The highest BCUT2D eigenvalue weighted by Crippen LogP contribution is 2.37. The van der Waals surface area contributed by atoms with Crippen molar-refractivity contribution in [1.29, 1.82) is 0 Å². The maximum Gasteiger partial charge on any atom is 0.573 e. The molecule has 3 nitrogen and oxygen atoms in total. The van der Waals surface area contributed by atoms with Crippen LogP contribution in [0.4, 0.5) is 13.2 Å². The van der Waals surface area contributed by atoms with Gasteiger partial charge >= 0.3 is 6.36 Å². The van der Waals surface area contributed by atoms with Crippen molar-refractivity contribution < 1.29 is 22.6 Å². The molecule has 0 unspecified atom stereocenters. The molecule has 1 aliphatic rings. The third kappa shape index (κ3) is 4.10. The molecule has 0 radical (unpaired) electrons. The van der Waals surface area contributed by atoms with E-state index in [0.29, 0.717) is 23.2 Å². The predicted octanol–water partition coefficient (Wildman–Crippen LogP) is 3.77. The van der Waals surface area contributed by atoms with Gasteiger partial charge in [-0.25, -0.2) is 0 Å². The molecule has 0 aromatic heterocycles. The highest BCUT2D eigenvalue weighted by atomic mass is 79.9. The fourth-order valence-corrected chi connectivity index (χ4v) is 2.71. The molecular formula is C13H15BrF3NO2. The van der Waals surface area contributed by atoms with Crippen LogP contribution in [0.5, 0.6) is 5.75 Å². The quantitative estimate of drug-likeness (QED) is 0.899. The van der Waals surface area contributed by atoms with Crippen LogP contribution in [0.2, 0.25) is 0 Å². The highest BCUT2D eigenvalue weighted by molar-refractivity contribution is 9.10. The van der Waals surface area contributed by atoms with Crippen LogP contribution in [0.15, 0.2) is 22.7 Å². The second kappa shape index (κ2) is 6.32. The minimum atomic E-state index is -4.72. The van der Waals surface area contributed by atoms with E-state index in [1.165, 1.54) is 12.1 Å². The zero-order valence-electron chi connectivity index (χ0n) is 10.6. The van der Waals surface area contributed by atoms with E-state index in [4.69, 9.17) is 10.5 Å². The number of ether oxygens (including phenoxy) is 2. The lowest BCUT2D eigenvalue weighted by Gasteiger charge is -2.29. The van der Waals surface area contributed by atoms with Crippen LogP contribution in [0, 0.1) is 5.92 Å². The lowest BCUT2D eigenvalue weighted by Crippen LogP contribution is -2.28. The van der Waals surface area contributed by atoms with E-state index in [1.54, 1.807) is 6.07 Å². The standard InChI is InChI=1S/C13H15BrF3NO2/c14-9-1-2-11(20-13(15,16)17)10(7-9)12(18)8-3-5-19-6-4-8/h1-2,7-8,12H,3-6,18H2/t12-/m1/s1. The lowest BCUT2D eigenvalue weighted by molar-refractivity contribution is -0.275. The van der Waals surface area contributed by atoms with E-state index in [2.05, 4.69) is 20.7 Å². The van der Waals surface area contributed by atoms with Gasteiger partial charge in [0.25, 0.3) is 0 Å². The van der Waals surface area contributed by atoms with E-state index < -0.39 is 12.4 Å². The molecule has 20 heavy (non-hydrogen) atoms. The van der Waals surface area contributed by atoms with Crippen LogP contribution in [0.3, 0.4) is 0 Å². The van der Waals surface area contributed by atoms with Crippen molar-refractivity contribution in [2.75, 3.05) is 13.2 Å². The summed E-state index contributed by atoms with van der Waals surface area (Å²) in [5.74, 6) is -0.145. The van der Waals surface area contributed by atoms with Crippen molar-refractivity contribution in [1.82, 2.24) is 0 Å². The van der Waals surface area contributed by atoms with Gasteiger partial charge in [0.15, 0.2) is 0 Å². The molecule has 1 aromatic rings. The predicted molar refractivity (Wildman–Crippen MR) is 71.3 cm³/mol. The highest BCUT2D eigenvalue weighted by Gasteiger charge is 2.34. The molecule has 7 heteroatoms. The Hall–Kier alpha value is -0.790. The van der Waals surface area contributed by atoms with Crippen LogP contribution in [0.25, 0.3) is 0 Å². The van der Waals surface area contributed by atoms with Gasteiger partial charge in [-0.05, 0) is 37.0 Å². The number of benzene rings is 1. The van der Waals surface area contributed by atoms with Gasteiger partial charge in [0, 0.05) is 29.3 Å². The third-order valence-corrected chi connectivity index (χ3v) is 3.82. The van der Waals surface area contributed by atoms with Crippen molar-refractivity contribution in [2.45, 2.75) is 25.2 Å². The van der Waals surface area contributed by atoms with E-state index in [9.17, 15) is 13.2 Å². The molecule has 0 saturated carbocycles. The fourth-order valence-electron chi connectivity index (χ4n) is 2.33. The van der Waals surface area contributed by atoms with E-state index in [-0.39, 0.29) is 11.7 Å². The van der Waals surface area contributed by atoms with E-state index in [1.807, 2.05) is 0 Å². The summed E-state index contributed by atoms with van der Waals surface area (Å²) in [4.78, 5) is 0. The van der Waals surface area contributed by atoms with Crippen LogP contribution in [0.1, 0.15) is 24.4 Å². The van der Waals surface area contributed by atoms with Crippen molar-refractivity contribution in [3.63, 3.8) is 0 Å². The molecule has 0 amide bonds. The van der Waals surface area contributed by atoms with E-state index in [0.717, 1.165) is 12.8 Å². The Morgan fingerprint density at radius 2 is 1.95 bits per heavy atom. The normalized spacial score (nSPS) is 18.9. The van der Waals surface area contributed by atoms with Crippen LogP contribution < -0.4 is 10.5 Å². The van der Waals surface area contributed by atoms with Gasteiger partial charge in [-0.2, -0.15) is 0 Å². The molecule has 0 spiro atoms. The zero-order chi connectivity index (χ0) is 14.8. The van der Waals surface area contributed by atoms with Crippen LogP contribution >= 0.6 is 15.9 Å². The Morgan fingerprint density at radius 1 is 1.30 bits per heavy atom. The average Bonchev–Trinajstić information content (AvgIpc) is 2.39. The first-order valence-electron chi connectivity index (χ1n) is 6.25. The van der Waals surface area contributed by atoms with Gasteiger partial charge in [0.1, 0.15) is 5.75 Å². The van der Waals surface area contributed by atoms with Gasteiger partial charge in [0.2, 0.25) is 0 Å². The molecule has 0 aliphatic carbocycles. The number of hydrogen-bond donors (Lipinski definition) is 1. The Bertz CT molecular complexity index is 461. The summed E-state index contributed by atoms with van der Waals surface area (Å²) < 4.78 is 47.3. The van der Waals surface area contributed by atoms with Crippen LogP contribution in [-0.4, -0.2) is 19.6 Å². The molecule has 1 aliphatic heterocycles. The average molecular weight is 354 g/mol. The molecule has 2 rings (SSSR count). The van der Waals surface area contributed by atoms with Crippen LogP contribution in [-0.2, 0) is 4.74 Å². The van der Waals surface area contributed by atoms with Crippen molar-refractivity contribution in [3.8, 4) is 5.75 Å². The Kier molecular flexibility index (Phi) is 4.93. The summed E-state index contributed by atoms with van der Waals surface area (Å²) >= 11 is 3.25. The molecular weight excluding hydrogens is 339 g/mol. The minimum Gasteiger partial charge on any atom is -0.405 e. The van der Waals surface area contributed by atoms with Crippen molar-refractivity contribution in [3.05, 3.63) is 28.2 Å². The SMILES string of the molecule is N[C@@H](c1cc(Br)ccc1OC(F)(F)F)C1CCOCC1. The molecule has 1 saturated heterocycles. The second-order valence-corrected chi connectivity index (χ2v) is 5.62. The monoisotopic (exact) mass is 353 g/mol. The molecule has 2 N–H and O–H groups in total. The number of rotatable bonds is 3. The molecule has 1 atom stereocenters. The summed E-state index contributed by atoms with van der Waals surface area (Å²) in [6.45, 7) is 1.17. The van der Waals surface area contributed by atoms with Gasteiger partial charge in [0.05, 0.1) is 0 Å². The van der Waals surface area contributed by atoms with Gasteiger partial charge < -0.3 is 15.2 Å². The topological polar surface area (TPSA) is 44.5 Å². The molecule has 1 heterocycles. The number of nitrogens with two attached hydrogens (primary N) is 1. The number of alkyl halides is 3. The summed E-state index contributed by atoms with van der Waals surface area (Å²) in [6.07, 6.45) is -3.25. The Balaban J connectivity index is 2.25. The number of hydrogen-bond acceptors (Lipinski definition) is 3. The summed E-state index contributed by atoms with van der Waals surface area (Å²) in [5.41, 5.74) is 6.50. The smallest absolute Gasteiger partial charge is 0.405 e. The first kappa shape index (κ1) is 15.6. The largest absolute Gasteiger partial charge is 0.573 e. The molecule has 112 valence electrons. The number of halogens is 4. The first-order valence-corrected chi connectivity index (χ1v) is 7.04. The Morgan fingerprint density at radius 3 is 2.55 bits per heavy atom. The molecule has 0 bridgehead atoms. The first-order chi connectivity index (χ1) is 9.37. The van der Waals surface area contributed by atoms with Gasteiger partial charge in [-0.15, -0.1) is 13.2 Å². The fraction of sp³-hybridized carbons (Fsp3) is 0.538. The lowest BCUT2D eigenvalue weighted by atomic mass is 9.87. The Labute approximate surface area is 123 Å². The molecule has 1 aromatic carbocycles. The summed E-state index contributed by atoms with van der Waals surface area (Å²) in [6, 6.07) is 3.86. The van der Waals surface area contributed by atoms with E-state index >= 15 is 0 Å². The summed E-state index contributed by atoms with van der Waals surface area (Å²) in [5, 5.41) is 0.